The van der Waals surface area contributed by atoms with Gasteiger partial charge in [0, 0.05) is 6.07 Å². The van der Waals surface area contributed by atoms with Crippen LogP contribution in [-0.2, 0) is 0 Å². The Bertz CT molecular complexity index is 477. The van der Waals surface area contributed by atoms with Gasteiger partial charge in [-0.2, -0.15) is 13.9 Å². The number of nitrogens with two attached hydrogens (primary N) is 1. The van der Waals surface area contributed by atoms with Gasteiger partial charge in [-0.05, 0) is 17.7 Å². The van der Waals surface area contributed by atoms with Gasteiger partial charge in [-0.25, -0.2) is 4.39 Å². The van der Waals surface area contributed by atoms with Crippen molar-refractivity contribution in [2.24, 2.45) is 10.8 Å². The molecule has 18 heavy (non-hydrogen) atoms. The Morgan fingerprint density at radius 2 is 2.11 bits per heavy atom. The Kier molecular flexibility index (Phi) is 4.53. The van der Waals surface area contributed by atoms with Crippen molar-refractivity contribution in [3.8, 4) is 5.75 Å². The van der Waals surface area contributed by atoms with Crippen LogP contribution >= 0.6 is 23.2 Å². The van der Waals surface area contributed by atoms with E-state index in [1.165, 1.54) is 7.11 Å². The molecule has 0 bridgehead atoms. The van der Waals surface area contributed by atoms with E-state index in [0.29, 0.717) is 0 Å². The van der Waals surface area contributed by atoms with Crippen molar-refractivity contribution in [2.45, 2.75) is 5.38 Å². The average Bonchev–Trinajstić information content (AvgIpc) is 2.26. The molecule has 1 aromatic rings. The summed E-state index contributed by atoms with van der Waals surface area (Å²) >= 11 is 10.2. The molecule has 0 aromatic heterocycles. The largest absolute Gasteiger partial charge is 0.495 e. The van der Waals surface area contributed by atoms with E-state index < -0.39 is 17.0 Å². The normalized spacial score (nSPS) is 12.4. The van der Waals surface area contributed by atoms with E-state index in [1.807, 2.05) is 5.43 Å². The molecule has 0 atom stereocenters. The van der Waals surface area contributed by atoms with Crippen LogP contribution < -0.4 is 15.9 Å². The van der Waals surface area contributed by atoms with E-state index in [9.17, 15) is 13.2 Å². The third kappa shape index (κ3) is 3.58. The van der Waals surface area contributed by atoms with Crippen LogP contribution in [0.25, 0.3) is 0 Å². The molecule has 0 saturated heterocycles. The molecule has 100 valence electrons. The van der Waals surface area contributed by atoms with Crippen molar-refractivity contribution < 1.29 is 17.9 Å². The molecule has 0 aliphatic rings. The van der Waals surface area contributed by atoms with Gasteiger partial charge in [0.1, 0.15) is 11.6 Å². The summed E-state index contributed by atoms with van der Waals surface area (Å²) in [5, 5.41) is -0.736. The highest BCUT2D eigenvalue weighted by Crippen LogP contribution is 2.30. The van der Waals surface area contributed by atoms with Crippen LogP contribution in [0.2, 0.25) is 5.02 Å². The van der Waals surface area contributed by atoms with Crippen LogP contribution in [0.5, 0.6) is 5.75 Å². The number of ether oxygens (including phenoxy) is 1. The van der Waals surface area contributed by atoms with Crippen LogP contribution in [0.1, 0.15) is 0 Å². The van der Waals surface area contributed by atoms with E-state index >= 15 is 0 Å². The number of amidine groups is 1. The lowest BCUT2D eigenvalue weighted by atomic mass is 10.3. The zero-order chi connectivity index (χ0) is 13.9. The molecule has 0 amide bonds. The molecule has 0 aliphatic carbocycles. The van der Waals surface area contributed by atoms with E-state index in [1.54, 1.807) is 0 Å². The van der Waals surface area contributed by atoms with Crippen LogP contribution in [0.15, 0.2) is 17.2 Å². The van der Waals surface area contributed by atoms with Crippen LogP contribution in [0.4, 0.5) is 18.9 Å². The quantitative estimate of drug-likeness (QED) is 0.389. The molecule has 0 unspecified atom stereocenters. The molecule has 9 heteroatoms. The minimum atomic E-state index is -3.82. The minimum Gasteiger partial charge on any atom is -0.495 e. The topological polar surface area (TPSA) is 59.6 Å². The molecule has 1 aromatic carbocycles. The number of hydrogen-bond donors (Lipinski definition) is 2. The highest BCUT2D eigenvalue weighted by atomic mass is 35.5. The number of nitrogens with one attached hydrogen (secondary N) is 1. The smallest absolute Gasteiger partial charge is 0.381 e. The van der Waals surface area contributed by atoms with Crippen molar-refractivity contribution in [3.63, 3.8) is 0 Å². The molecule has 3 N–H and O–H groups in total. The third-order valence-electron chi connectivity index (χ3n) is 1.83. The van der Waals surface area contributed by atoms with E-state index in [0.717, 1.165) is 12.1 Å². The maximum atomic E-state index is 13.4. The Hall–Kier alpha value is -1.34. The monoisotopic (exact) mass is 301 g/mol. The van der Waals surface area contributed by atoms with Crippen molar-refractivity contribution in [1.82, 2.24) is 0 Å². The van der Waals surface area contributed by atoms with Crippen molar-refractivity contribution in [3.05, 3.63) is 23.0 Å². The van der Waals surface area contributed by atoms with Crippen molar-refractivity contribution >= 4 is 34.7 Å². The lowest BCUT2D eigenvalue weighted by Crippen LogP contribution is -2.31. The van der Waals surface area contributed by atoms with Gasteiger partial charge in [0.05, 0.1) is 17.8 Å². The number of anilines is 1. The molecule has 0 spiro atoms. The molecular weight excluding hydrogens is 294 g/mol. The predicted molar refractivity (Wildman–Crippen MR) is 64.0 cm³/mol. The maximum absolute atomic E-state index is 13.4. The van der Waals surface area contributed by atoms with Crippen LogP contribution in [0, 0.1) is 5.82 Å². The fourth-order valence-electron chi connectivity index (χ4n) is 0.955. The summed E-state index contributed by atoms with van der Waals surface area (Å²) in [6.45, 7) is 0. The van der Waals surface area contributed by atoms with Crippen molar-refractivity contribution in [2.75, 3.05) is 12.5 Å². The second kappa shape index (κ2) is 5.53. The van der Waals surface area contributed by atoms with E-state index in [2.05, 4.69) is 16.7 Å². The molecule has 0 saturated carbocycles. The molecular formula is C9H8Cl2F3N3O. The summed E-state index contributed by atoms with van der Waals surface area (Å²) < 4.78 is 43.1. The number of halogens is 5. The lowest BCUT2D eigenvalue weighted by Gasteiger charge is -2.10. The Morgan fingerprint density at radius 3 is 2.61 bits per heavy atom. The fourth-order valence-corrected chi connectivity index (χ4v) is 1.22. The number of hydrazone groups is 1. The first-order valence-electron chi connectivity index (χ1n) is 4.45. The van der Waals surface area contributed by atoms with Crippen molar-refractivity contribution in [1.29, 1.82) is 0 Å². The molecule has 0 heterocycles. The van der Waals surface area contributed by atoms with Gasteiger partial charge in [0.25, 0.3) is 0 Å². The number of alkyl halides is 3. The Balaban J connectivity index is 2.99. The summed E-state index contributed by atoms with van der Waals surface area (Å²) in [6.07, 6.45) is 0. The number of hydrogen-bond acceptors (Lipinski definition) is 3. The Morgan fingerprint density at radius 1 is 1.50 bits per heavy atom. The number of methoxy groups -OCH3 is 1. The molecule has 0 aliphatic heterocycles. The van der Waals surface area contributed by atoms with Gasteiger partial charge in [-0.1, -0.05) is 11.6 Å². The minimum absolute atomic E-state index is 0.0279. The first-order valence-corrected chi connectivity index (χ1v) is 5.20. The standard InChI is InChI=1S/C9H8Cl2F3N3O/c1-18-7-3-6(5(12)2-4(7)10)16-17-8(15)9(11,13)14/h2-3,16H,1H3,(H2,15,17). The van der Waals surface area contributed by atoms with Gasteiger partial charge >= 0.3 is 5.38 Å². The Labute approximate surface area is 110 Å². The van der Waals surface area contributed by atoms with Gasteiger partial charge in [0.2, 0.25) is 5.84 Å². The highest BCUT2D eigenvalue weighted by Gasteiger charge is 2.30. The van der Waals surface area contributed by atoms with Gasteiger partial charge in [-0.3, -0.25) is 5.43 Å². The number of benzene rings is 1. The zero-order valence-electron chi connectivity index (χ0n) is 8.98. The summed E-state index contributed by atoms with van der Waals surface area (Å²) in [4.78, 5) is 0. The van der Waals surface area contributed by atoms with Crippen LogP contribution in [-0.4, -0.2) is 18.3 Å². The summed E-state index contributed by atoms with van der Waals surface area (Å²) in [7, 11) is 1.31. The van der Waals surface area contributed by atoms with E-state index in [-0.39, 0.29) is 16.5 Å². The van der Waals surface area contributed by atoms with Gasteiger partial charge < -0.3 is 10.5 Å². The summed E-state index contributed by atoms with van der Waals surface area (Å²) in [5.41, 5.74) is 6.64. The highest BCUT2D eigenvalue weighted by molar-refractivity contribution is 6.33. The molecule has 0 fully saturated rings. The lowest BCUT2D eigenvalue weighted by molar-refractivity contribution is 0.174. The third-order valence-corrected chi connectivity index (χ3v) is 2.32. The van der Waals surface area contributed by atoms with Gasteiger partial charge in [-0.15, -0.1) is 0 Å². The predicted octanol–water partition coefficient (Wildman–Crippen LogP) is 3.00. The SMILES string of the molecule is COc1cc(N/N=C(\N)C(F)(F)Cl)c(F)cc1Cl. The summed E-state index contributed by atoms with van der Waals surface area (Å²) in [6, 6.07) is 2.08. The molecule has 4 nitrogen and oxygen atoms in total. The second-order valence-corrected chi connectivity index (χ2v) is 3.96. The zero-order valence-corrected chi connectivity index (χ0v) is 10.5. The number of nitrogens with zero attached hydrogens (tertiary/aromatic N) is 1. The fraction of sp³-hybridized carbons (Fsp3) is 0.222. The number of rotatable bonds is 4. The molecule has 0 radical (unpaired) electrons. The maximum Gasteiger partial charge on any atom is 0.381 e. The van der Waals surface area contributed by atoms with Gasteiger partial charge in [0.15, 0.2) is 0 Å². The first-order chi connectivity index (χ1) is 8.25. The van der Waals surface area contributed by atoms with Crippen LogP contribution in [0.3, 0.4) is 0 Å². The second-order valence-electron chi connectivity index (χ2n) is 3.07. The average molecular weight is 302 g/mol. The van der Waals surface area contributed by atoms with E-state index in [4.69, 9.17) is 22.1 Å². The molecule has 1 rings (SSSR count). The summed E-state index contributed by atoms with van der Waals surface area (Å²) in [5.74, 6) is -1.86. The first kappa shape index (κ1) is 14.7.